The first-order valence-electron chi connectivity index (χ1n) is 6.51. The Balaban J connectivity index is 2.08. The van der Waals surface area contributed by atoms with Gasteiger partial charge in [0.05, 0.1) is 0 Å². The second-order valence-corrected chi connectivity index (χ2v) is 5.46. The summed E-state index contributed by atoms with van der Waals surface area (Å²) in [4.78, 5) is 2.28. The maximum Gasteiger partial charge on any atom is 0.123 e. The Morgan fingerprint density at radius 3 is 2.53 bits per heavy atom. The third kappa shape index (κ3) is 4.37. The number of halogens is 1. The molecule has 0 aromatic heterocycles. The van der Waals surface area contributed by atoms with Crippen molar-refractivity contribution in [2.24, 2.45) is 0 Å². The lowest BCUT2D eigenvalue weighted by Gasteiger charge is -2.10. The summed E-state index contributed by atoms with van der Waals surface area (Å²) in [7, 11) is 0. The van der Waals surface area contributed by atoms with Crippen LogP contribution in [0.1, 0.15) is 18.9 Å². The molecule has 0 aliphatic rings. The molecule has 2 aromatic rings. The topological polar surface area (TPSA) is 12.0 Å². The molecular formula is C16H18FNS. The van der Waals surface area contributed by atoms with Crippen LogP contribution in [0.15, 0.2) is 58.3 Å². The minimum atomic E-state index is -0.192. The quantitative estimate of drug-likeness (QED) is 0.780. The van der Waals surface area contributed by atoms with E-state index in [0.717, 1.165) is 24.4 Å². The first-order chi connectivity index (χ1) is 9.29. The summed E-state index contributed by atoms with van der Waals surface area (Å²) in [5.74, 6) is -0.192. The van der Waals surface area contributed by atoms with E-state index in [2.05, 4.69) is 30.4 Å². The van der Waals surface area contributed by atoms with Gasteiger partial charge in [-0.2, -0.15) is 0 Å². The van der Waals surface area contributed by atoms with E-state index >= 15 is 0 Å². The summed E-state index contributed by atoms with van der Waals surface area (Å²) in [5.41, 5.74) is 1.28. The van der Waals surface area contributed by atoms with Crippen molar-refractivity contribution in [2.75, 3.05) is 6.54 Å². The molecule has 100 valence electrons. The van der Waals surface area contributed by atoms with Crippen LogP contribution in [0.2, 0.25) is 0 Å². The Labute approximate surface area is 118 Å². The van der Waals surface area contributed by atoms with Gasteiger partial charge in [0.15, 0.2) is 0 Å². The van der Waals surface area contributed by atoms with Crippen LogP contribution >= 0.6 is 11.8 Å². The summed E-state index contributed by atoms with van der Waals surface area (Å²) >= 11 is 1.67. The lowest BCUT2D eigenvalue weighted by atomic mass is 10.2. The van der Waals surface area contributed by atoms with Crippen molar-refractivity contribution in [3.05, 3.63) is 59.9 Å². The average Bonchev–Trinajstić information content (AvgIpc) is 2.43. The zero-order chi connectivity index (χ0) is 13.5. The third-order valence-electron chi connectivity index (χ3n) is 2.76. The molecule has 2 aromatic carbocycles. The minimum Gasteiger partial charge on any atom is -0.313 e. The van der Waals surface area contributed by atoms with Crippen molar-refractivity contribution in [1.29, 1.82) is 0 Å². The number of hydrogen-bond donors (Lipinski definition) is 1. The highest BCUT2D eigenvalue weighted by Gasteiger charge is 2.03. The number of benzene rings is 2. The van der Waals surface area contributed by atoms with Gasteiger partial charge in [0.25, 0.3) is 0 Å². The predicted molar refractivity (Wildman–Crippen MR) is 79.0 cm³/mol. The summed E-state index contributed by atoms with van der Waals surface area (Å²) in [6.07, 6.45) is 1.13. The average molecular weight is 275 g/mol. The molecule has 0 heterocycles. The first-order valence-corrected chi connectivity index (χ1v) is 7.33. The normalized spacial score (nSPS) is 10.6. The summed E-state index contributed by atoms with van der Waals surface area (Å²) in [6, 6.07) is 15.0. The molecule has 0 radical (unpaired) electrons. The Morgan fingerprint density at radius 1 is 1.05 bits per heavy atom. The van der Waals surface area contributed by atoms with Crippen molar-refractivity contribution in [2.45, 2.75) is 29.7 Å². The van der Waals surface area contributed by atoms with Gasteiger partial charge < -0.3 is 5.32 Å². The Kier molecular flexibility index (Phi) is 5.43. The number of nitrogens with one attached hydrogen (secondary N) is 1. The van der Waals surface area contributed by atoms with Crippen molar-refractivity contribution < 1.29 is 4.39 Å². The largest absolute Gasteiger partial charge is 0.313 e. The van der Waals surface area contributed by atoms with Gasteiger partial charge in [0.1, 0.15) is 5.82 Å². The molecule has 0 fully saturated rings. The lowest BCUT2D eigenvalue weighted by molar-refractivity contribution is 0.626. The van der Waals surface area contributed by atoms with Crippen molar-refractivity contribution in [3.63, 3.8) is 0 Å². The van der Waals surface area contributed by atoms with Crippen molar-refractivity contribution in [1.82, 2.24) is 5.32 Å². The lowest BCUT2D eigenvalue weighted by Crippen LogP contribution is -2.14. The van der Waals surface area contributed by atoms with E-state index in [1.807, 2.05) is 18.2 Å². The Bertz CT molecular complexity index is 510. The van der Waals surface area contributed by atoms with E-state index in [1.165, 1.54) is 22.6 Å². The van der Waals surface area contributed by atoms with Gasteiger partial charge >= 0.3 is 0 Å². The predicted octanol–water partition coefficient (Wildman–Crippen LogP) is 4.48. The van der Waals surface area contributed by atoms with E-state index in [1.54, 1.807) is 11.8 Å². The number of hydrogen-bond acceptors (Lipinski definition) is 2. The molecule has 0 saturated carbocycles. The third-order valence-corrected chi connectivity index (χ3v) is 3.88. The maximum atomic E-state index is 12.9. The molecule has 0 atom stereocenters. The summed E-state index contributed by atoms with van der Waals surface area (Å²) in [5, 5.41) is 3.41. The van der Waals surface area contributed by atoms with E-state index in [-0.39, 0.29) is 5.82 Å². The second-order valence-electron chi connectivity index (χ2n) is 4.34. The van der Waals surface area contributed by atoms with Gasteiger partial charge in [-0.15, -0.1) is 0 Å². The Morgan fingerprint density at radius 2 is 1.79 bits per heavy atom. The molecular weight excluding hydrogens is 257 g/mol. The zero-order valence-electron chi connectivity index (χ0n) is 11.0. The second kappa shape index (κ2) is 7.31. The SMILES string of the molecule is CCCNCc1ccccc1Sc1ccc(F)cc1. The molecule has 1 nitrogen and oxygen atoms in total. The van der Waals surface area contributed by atoms with Crippen LogP contribution in [-0.2, 0) is 6.54 Å². The van der Waals surface area contributed by atoms with Gasteiger partial charge in [-0.1, -0.05) is 36.9 Å². The molecule has 0 bridgehead atoms. The number of rotatable bonds is 6. The highest BCUT2D eigenvalue weighted by molar-refractivity contribution is 7.99. The van der Waals surface area contributed by atoms with Crippen LogP contribution in [0.3, 0.4) is 0 Å². The zero-order valence-corrected chi connectivity index (χ0v) is 11.8. The van der Waals surface area contributed by atoms with Crippen molar-refractivity contribution in [3.8, 4) is 0 Å². The smallest absolute Gasteiger partial charge is 0.123 e. The van der Waals surface area contributed by atoms with Crippen LogP contribution in [-0.4, -0.2) is 6.54 Å². The molecule has 0 spiro atoms. The van der Waals surface area contributed by atoms with E-state index < -0.39 is 0 Å². The summed E-state index contributed by atoms with van der Waals surface area (Å²) in [6.45, 7) is 4.06. The van der Waals surface area contributed by atoms with E-state index in [4.69, 9.17) is 0 Å². The van der Waals surface area contributed by atoms with Crippen LogP contribution in [0, 0.1) is 5.82 Å². The van der Waals surface area contributed by atoms with Gasteiger partial charge in [0.2, 0.25) is 0 Å². The summed E-state index contributed by atoms with van der Waals surface area (Å²) < 4.78 is 12.9. The van der Waals surface area contributed by atoms with Crippen LogP contribution in [0.4, 0.5) is 4.39 Å². The van der Waals surface area contributed by atoms with Gasteiger partial charge in [-0.25, -0.2) is 4.39 Å². The fourth-order valence-electron chi connectivity index (χ4n) is 1.78. The highest BCUT2D eigenvalue weighted by Crippen LogP contribution is 2.30. The van der Waals surface area contributed by atoms with Gasteiger partial charge in [-0.3, -0.25) is 0 Å². The van der Waals surface area contributed by atoms with Gasteiger partial charge in [-0.05, 0) is 48.9 Å². The minimum absolute atomic E-state index is 0.192. The fraction of sp³-hybridized carbons (Fsp3) is 0.250. The van der Waals surface area contributed by atoms with Gasteiger partial charge in [0, 0.05) is 16.3 Å². The molecule has 3 heteroatoms. The maximum absolute atomic E-state index is 12.9. The standard InChI is InChI=1S/C16H18FNS/c1-2-11-18-12-13-5-3-4-6-16(13)19-15-9-7-14(17)8-10-15/h3-10,18H,2,11-12H2,1H3. The van der Waals surface area contributed by atoms with Crippen molar-refractivity contribution >= 4 is 11.8 Å². The van der Waals surface area contributed by atoms with E-state index in [9.17, 15) is 4.39 Å². The van der Waals surface area contributed by atoms with E-state index in [0.29, 0.717) is 0 Å². The van der Waals surface area contributed by atoms with Crippen LogP contribution in [0.5, 0.6) is 0 Å². The van der Waals surface area contributed by atoms with Crippen LogP contribution in [0.25, 0.3) is 0 Å². The molecule has 2 rings (SSSR count). The monoisotopic (exact) mass is 275 g/mol. The molecule has 1 N–H and O–H groups in total. The molecule has 0 aliphatic carbocycles. The molecule has 0 unspecified atom stereocenters. The Hall–Kier alpha value is -1.32. The highest BCUT2D eigenvalue weighted by atomic mass is 32.2. The fourth-order valence-corrected chi connectivity index (χ4v) is 2.72. The molecule has 0 amide bonds. The molecule has 19 heavy (non-hydrogen) atoms. The van der Waals surface area contributed by atoms with Crippen LogP contribution < -0.4 is 5.32 Å². The molecule has 0 aliphatic heterocycles. The molecule has 0 saturated heterocycles. The first kappa shape index (κ1) is 14.1.